The van der Waals surface area contributed by atoms with Crippen molar-refractivity contribution in [1.82, 2.24) is 15.5 Å². The molecule has 0 aromatic heterocycles. The highest BCUT2D eigenvalue weighted by Gasteiger charge is 2.37. The van der Waals surface area contributed by atoms with Gasteiger partial charge in [0.25, 0.3) is 0 Å². The Morgan fingerprint density at radius 2 is 1.68 bits per heavy atom. The third-order valence-electron chi connectivity index (χ3n) is 5.35. The summed E-state index contributed by atoms with van der Waals surface area (Å²) in [4.78, 5) is 50.8. The molecule has 0 spiro atoms. The molecule has 0 aliphatic heterocycles. The van der Waals surface area contributed by atoms with Crippen molar-refractivity contribution in [2.75, 3.05) is 20.6 Å². The summed E-state index contributed by atoms with van der Waals surface area (Å²) < 4.78 is 14.2. The Morgan fingerprint density at radius 3 is 2.15 bits per heavy atom. The highest BCUT2D eigenvalue weighted by molar-refractivity contribution is 5.93. The van der Waals surface area contributed by atoms with Gasteiger partial charge in [-0.15, -0.1) is 0 Å². The number of nitro groups is 1. The Balaban J connectivity index is 3.16. The summed E-state index contributed by atoms with van der Waals surface area (Å²) in [5.74, 6) is -3.00. The van der Waals surface area contributed by atoms with Crippen LogP contribution in [0, 0.1) is 33.2 Å². The lowest BCUT2D eigenvalue weighted by atomic mass is 9.85. The molecule has 10 heteroatoms. The second-order valence-electron chi connectivity index (χ2n) is 10.2. The number of carbonyl (C=O) groups excluding carboxylic acids is 3. The van der Waals surface area contributed by atoms with Crippen molar-refractivity contribution in [3.8, 4) is 0 Å². The summed E-state index contributed by atoms with van der Waals surface area (Å²) in [6, 6.07) is 3.85. The van der Waals surface area contributed by atoms with E-state index in [0.29, 0.717) is 6.42 Å². The number of benzene rings is 1. The molecule has 0 saturated carbocycles. The van der Waals surface area contributed by atoms with Crippen molar-refractivity contribution in [2.45, 2.75) is 59.5 Å². The smallest absolute Gasteiger partial charge is 0.244 e. The molecule has 0 bridgehead atoms. The Morgan fingerprint density at radius 1 is 1.09 bits per heavy atom. The fourth-order valence-electron chi connectivity index (χ4n) is 3.60. The highest BCUT2D eigenvalue weighted by Crippen LogP contribution is 2.22. The number of halogens is 1. The number of hydrogen-bond donors (Lipinski definition) is 2. The third-order valence-corrected chi connectivity index (χ3v) is 5.35. The summed E-state index contributed by atoms with van der Waals surface area (Å²) in [6.07, 6.45) is 0.220. The molecule has 3 amide bonds. The first-order valence-electron chi connectivity index (χ1n) is 11.3. The van der Waals surface area contributed by atoms with Gasteiger partial charge in [0, 0.05) is 25.4 Å². The van der Waals surface area contributed by atoms with Gasteiger partial charge < -0.3 is 15.5 Å². The molecule has 3 atom stereocenters. The molecular formula is C24H37FN4O5. The van der Waals surface area contributed by atoms with Crippen molar-refractivity contribution in [2.24, 2.45) is 17.3 Å². The zero-order valence-electron chi connectivity index (χ0n) is 21.1. The molecule has 190 valence electrons. The van der Waals surface area contributed by atoms with E-state index in [1.54, 1.807) is 26.8 Å². The summed E-state index contributed by atoms with van der Waals surface area (Å²) >= 11 is 0. The molecule has 2 N–H and O–H groups in total. The van der Waals surface area contributed by atoms with Crippen LogP contribution in [0.15, 0.2) is 24.3 Å². The molecule has 0 unspecified atom stereocenters. The third kappa shape index (κ3) is 9.07. The fraction of sp³-hybridized carbons (Fsp3) is 0.625. The van der Waals surface area contributed by atoms with Crippen LogP contribution in [0.1, 0.15) is 46.6 Å². The average Bonchev–Trinajstić information content (AvgIpc) is 2.70. The molecule has 1 rings (SSSR count). The van der Waals surface area contributed by atoms with E-state index in [9.17, 15) is 28.9 Å². The number of hydrogen-bond acceptors (Lipinski definition) is 5. The van der Waals surface area contributed by atoms with Gasteiger partial charge in [-0.25, -0.2) is 4.39 Å². The normalized spacial score (nSPS) is 14.1. The summed E-state index contributed by atoms with van der Waals surface area (Å²) in [6.45, 7) is 8.38. The van der Waals surface area contributed by atoms with E-state index in [1.165, 1.54) is 37.2 Å². The zero-order chi connectivity index (χ0) is 26.2. The minimum absolute atomic E-state index is 0.0421. The molecule has 0 heterocycles. The number of nitrogens with one attached hydrogen (secondary N) is 2. The van der Waals surface area contributed by atoms with Crippen LogP contribution in [0.3, 0.4) is 0 Å². The Kier molecular flexibility index (Phi) is 10.6. The largest absolute Gasteiger partial charge is 0.347 e. The van der Waals surface area contributed by atoms with Crippen LogP contribution in [0.5, 0.6) is 0 Å². The van der Waals surface area contributed by atoms with E-state index in [4.69, 9.17) is 0 Å². The lowest BCUT2D eigenvalue weighted by Gasteiger charge is -2.33. The molecule has 1 aromatic rings. The Labute approximate surface area is 200 Å². The van der Waals surface area contributed by atoms with E-state index in [2.05, 4.69) is 10.6 Å². The van der Waals surface area contributed by atoms with E-state index < -0.39 is 58.4 Å². The standard InChI is InChI=1S/C24H37FN4O5/c1-15(2)12-17(14-29(33)34)21(30)27-20(24(3,4)5)22(31)26-19(23(32)28(6)7)13-16-10-8-9-11-18(16)25/h8-11,15,17,19-20H,12-14H2,1-7H3,(H,26,31)(H,27,30)/t17-,19+,20-/m1/s1. The number of nitrogens with zero attached hydrogens (tertiary/aromatic N) is 2. The number of carbonyl (C=O) groups is 3. The van der Waals surface area contributed by atoms with Gasteiger partial charge in [-0.1, -0.05) is 52.8 Å². The first kappa shape index (κ1) is 29.0. The minimum atomic E-state index is -1.07. The SMILES string of the molecule is CC(C)C[C@H](C[N+](=O)[O-])C(=O)N[C@H](C(=O)N[C@@H](Cc1ccccc1F)C(=O)N(C)C)C(C)(C)C. The lowest BCUT2D eigenvalue weighted by Crippen LogP contribution is -2.59. The molecular weight excluding hydrogens is 443 g/mol. The van der Waals surface area contributed by atoms with Crippen molar-refractivity contribution in [3.63, 3.8) is 0 Å². The molecule has 0 saturated heterocycles. The first-order chi connectivity index (χ1) is 15.6. The van der Waals surface area contributed by atoms with Gasteiger partial charge in [0.15, 0.2) is 0 Å². The van der Waals surface area contributed by atoms with Gasteiger partial charge in [-0.3, -0.25) is 24.5 Å². The molecule has 0 fully saturated rings. The van der Waals surface area contributed by atoms with Crippen LogP contribution in [0.2, 0.25) is 0 Å². The molecule has 0 aliphatic rings. The van der Waals surface area contributed by atoms with Crippen LogP contribution in [0.4, 0.5) is 4.39 Å². The van der Waals surface area contributed by atoms with Gasteiger partial charge in [0.05, 0.1) is 0 Å². The lowest BCUT2D eigenvalue weighted by molar-refractivity contribution is -0.486. The van der Waals surface area contributed by atoms with Crippen molar-refractivity contribution < 1.29 is 23.7 Å². The van der Waals surface area contributed by atoms with Crippen molar-refractivity contribution >= 4 is 17.7 Å². The van der Waals surface area contributed by atoms with E-state index in [-0.39, 0.29) is 17.9 Å². The molecule has 34 heavy (non-hydrogen) atoms. The monoisotopic (exact) mass is 480 g/mol. The van der Waals surface area contributed by atoms with E-state index in [1.807, 2.05) is 13.8 Å². The maximum Gasteiger partial charge on any atom is 0.244 e. The second kappa shape index (κ2) is 12.4. The minimum Gasteiger partial charge on any atom is -0.347 e. The van der Waals surface area contributed by atoms with Crippen LogP contribution in [0.25, 0.3) is 0 Å². The molecule has 0 radical (unpaired) electrons. The summed E-state index contributed by atoms with van der Waals surface area (Å²) in [5, 5.41) is 16.4. The number of likely N-dealkylation sites (N-methyl/N-ethyl adjacent to an activating group) is 1. The van der Waals surface area contributed by atoms with Gasteiger partial charge in [0.1, 0.15) is 23.8 Å². The predicted molar refractivity (Wildman–Crippen MR) is 127 cm³/mol. The molecule has 9 nitrogen and oxygen atoms in total. The van der Waals surface area contributed by atoms with Crippen LogP contribution in [-0.4, -0.2) is 60.3 Å². The summed E-state index contributed by atoms with van der Waals surface area (Å²) in [5.41, 5.74) is -0.497. The van der Waals surface area contributed by atoms with Gasteiger partial charge in [-0.2, -0.15) is 0 Å². The van der Waals surface area contributed by atoms with Crippen LogP contribution in [-0.2, 0) is 20.8 Å². The molecule has 1 aromatic carbocycles. The number of amides is 3. The highest BCUT2D eigenvalue weighted by atomic mass is 19.1. The average molecular weight is 481 g/mol. The summed E-state index contributed by atoms with van der Waals surface area (Å²) in [7, 11) is 3.06. The molecule has 0 aliphatic carbocycles. The number of rotatable bonds is 11. The van der Waals surface area contributed by atoms with Crippen LogP contribution >= 0.6 is 0 Å². The zero-order valence-corrected chi connectivity index (χ0v) is 21.1. The first-order valence-corrected chi connectivity index (χ1v) is 11.3. The van der Waals surface area contributed by atoms with Crippen LogP contribution < -0.4 is 10.6 Å². The Bertz CT molecular complexity index is 882. The van der Waals surface area contributed by atoms with Crippen molar-refractivity contribution in [3.05, 3.63) is 45.8 Å². The maximum absolute atomic E-state index is 14.2. The van der Waals surface area contributed by atoms with Gasteiger partial charge >= 0.3 is 0 Å². The van der Waals surface area contributed by atoms with Gasteiger partial charge in [0.2, 0.25) is 24.3 Å². The van der Waals surface area contributed by atoms with E-state index in [0.717, 1.165) is 0 Å². The Hall–Kier alpha value is -3.04. The fourth-order valence-corrected chi connectivity index (χ4v) is 3.60. The quantitative estimate of drug-likeness (QED) is 0.372. The van der Waals surface area contributed by atoms with Gasteiger partial charge in [-0.05, 0) is 29.4 Å². The van der Waals surface area contributed by atoms with E-state index >= 15 is 0 Å². The second-order valence-corrected chi connectivity index (χ2v) is 10.2. The maximum atomic E-state index is 14.2. The van der Waals surface area contributed by atoms with Crippen molar-refractivity contribution in [1.29, 1.82) is 0 Å². The predicted octanol–water partition coefficient (Wildman–Crippen LogP) is 2.41. The topological polar surface area (TPSA) is 122 Å².